The van der Waals surface area contributed by atoms with Gasteiger partial charge in [0.25, 0.3) is 0 Å². The first-order chi connectivity index (χ1) is 18.4. The molecule has 1 unspecified atom stereocenters. The minimum Gasteiger partial charge on any atom is -0.496 e. The van der Waals surface area contributed by atoms with Gasteiger partial charge in [-0.25, -0.2) is 0 Å². The number of amides is 2. The molecule has 1 aliphatic rings. The molecule has 2 heterocycles. The maximum absolute atomic E-state index is 14.2. The lowest BCUT2D eigenvalue weighted by Crippen LogP contribution is -2.48. The van der Waals surface area contributed by atoms with Crippen LogP contribution < -0.4 is 4.74 Å². The van der Waals surface area contributed by atoms with Crippen LogP contribution in [0.2, 0.25) is 10.0 Å². The highest BCUT2D eigenvalue weighted by Crippen LogP contribution is 2.31. The van der Waals surface area contributed by atoms with Gasteiger partial charge in [-0.05, 0) is 46.2 Å². The normalized spacial score (nSPS) is 16.1. The van der Waals surface area contributed by atoms with Crippen molar-refractivity contribution in [2.75, 3.05) is 13.7 Å². The summed E-state index contributed by atoms with van der Waals surface area (Å²) in [6, 6.07) is 20.3. The summed E-state index contributed by atoms with van der Waals surface area (Å²) < 4.78 is 5.68. The van der Waals surface area contributed by atoms with E-state index in [2.05, 4.69) is 4.98 Å². The van der Waals surface area contributed by atoms with Crippen LogP contribution in [-0.2, 0) is 29.1 Å². The number of fused-ring (bicyclic) bond motifs is 1. The van der Waals surface area contributed by atoms with Crippen LogP contribution in [-0.4, -0.2) is 46.3 Å². The highest BCUT2D eigenvalue weighted by molar-refractivity contribution is 6.42. The van der Waals surface area contributed by atoms with Crippen molar-refractivity contribution in [2.24, 2.45) is 0 Å². The summed E-state index contributed by atoms with van der Waals surface area (Å²) in [7, 11) is 1.63. The van der Waals surface area contributed by atoms with Gasteiger partial charge in [-0.2, -0.15) is 0 Å². The Balaban J connectivity index is 1.52. The third-order valence-corrected chi connectivity index (χ3v) is 7.68. The second kappa shape index (κ2) is 11.4. The molecule has 2 amide bonds. The Morgan fingerprint density at radius 2 is 1.79 bits per heavy atom. The van der Waals surface area contributed by atoms with Crippen LogP contribution in [0.3, 0.4) is 0 Å². The van der Waals surface area contributed by atoms with Gasteiger partial charge >= 0.3 is 0 Å². The van der Waals surface area contributed by atoms with Gasteiger partial charge in [-0.15, -0.1) is 0 Å². The van der Waals surface area contributed by atoms with Crippen LogP contribution in [0.4, 0.5) is 0 Å². The van der Waals surface area contributed by atoms with Crippen LogP contribution in [0.15, 0.2) is 79.1 Å². The Morgan fingerprint density at radius 3 is 2.55 bits per heavy atom. The fraction of sp³-hybridized carbons (Fsp3) is 0.233. The van der Waals surface area contributed by atoms with Crippen LogP contribution >= 0.6 is 23.2 Å². The average Bonchev–Trinajstić information content (AvgIpc) is 3.04. The predicted octanol–water partition coefficient (Wildman–Crippen LogP) is 5.92. The zero-order chi connectivity index (χ0) is 26.6. The first-order valence-electron chi connectivity index (χ1n) is 12.4. The second-order valence-corrected chi connectivity index (χ2v) is 10.1. The summed E-state index contributed by atoms with van der Waals surface area (Å²) in [6.45, 7) is 0.927. The number of ether oxygens (including phenoxy) is 1. The molecule has 0 bridgehead atoms. The van der Waals surface area contributed by atoms with Crippen LogP contribution in [0.25, 0.3) is 10.8 Å². The van der Waals surface area contributed by atoms with Crippen molar-refractivity contribution in [3.63, 3.8) is 0 Å². The van der Waals surface area contributed by atoms with E-state index in [-0.39, 0.29) is 24.8 Å². The molecule has 194 valence electrons. The maximum atomic E-state index is 14.2. The van der Waals surface area contributed by atoms with Crippen LogP contribution in [0.1, 0.15) is 23.1 Å². The highest BCUT2D eigenvalue weighted by atomic mass is 35.5. The zero-order valence-electron chi connectivity index (χ0n) is 20.9. The first kappa shape index (κ1) is 26.0. The standard InChI is InChI=1S/C30H27Cl2N3O3/c1-38-28-11-9-22-6-2-3-7-23(22)24(28)19-34-14-12-29(36)35(18-21-5-4-13-33-17-21)27(30(34)37)16-20-8-10-25(31)26(32)15-20/h2-11,13,15,17,27H,12,14,16,18-19H2,1H3. The molecule has 6 nitrogen and oxygen atoms in total. The van der Waals surface area contributed by atoms with Gasteiger partial charge in [0.2, 0.25) is 11.8 Å². The molecule has 0 aliphatic carbocycles. The quantitative estimate of drug-likeness (QED) is 0.288. The van der Waals surface area contributed by atoms with Crippen LogP contribution in [0.5, 0.6) is 5.75 Å². The number of nitrogens with zero attached hydrogens (tertiary/aromatic N) is 3. The van der Waals surface area contributed by atoms with Crippen LogP contribution in [0, 0.1) is 0 Å². The number of aromatic nitrogens is 1. The SMILES string of the molecule is COc1ccc2ccccc2c1CN1CCC(=O)N(Cc2cccnc2)C(Cc2ccc(Cl)c(Cl)c2)C1=O. The molecule has 1 aliphatic heterocycles. The number of carbonyl (C=O) groups excluding carboxylic acids is 2. The number of hydrogen-bond acceptors (Lipinski definition) is 4. The minimum absolute atomic E-state index is 0.0837. The second-order valence-electron chi connectivity index (χ2n) is 9.33. The molecule has 0 radical (unpaired) electrons. The van der Waals surface area contributed by atoms with Crippen molar-refractivity contribution < 1.29 is 14.3 Å². The molecular formula is C30H27Cl2N3O3. The van der Waals surface area contributed by atoms with E-state index in [4.69, 9.17) is 27.9 Å². The topological polar surface area (TPSA) is 62.7 Å². The Bertz CT molecular complexity index is 1480. The molecule has 1 saturated heterocycles. The predicted molar refractivity (Wildman–Crippen MR) is 149 cm³/mol. The van der Waals surface area contributed by atoms with E-state index in [1.165, 1.54) is 0 Å². The van der Waals surface area contributed by atoms with Gasteiger partial charge in [0.15, 0.2) is 0 Å². The van der Waals surface area contributed by atoms with Crippen molar-refractivity contribution in [3.05, 3.63) is 106 Å². The molecule has 1 atom stereocenters. The third-order valence-electron chi connectivity index (χ3n) is 6.94. The van der Waals surface area contributed by atoms with Crippen molar-refractivity contribution in [1.82, 2.24) is 14.8 Å². The van der Waals surface area contributed by atoms with E-state index in [1.54, 1.807) is 41.4 Å². The van der Waals surface area contributed by atoms with Crippen molar-refractivity contribution in [2.45, 2.75) is 32.0 Å². The van der Waals surface area contributed by atoms with Crippen molar-refractivity contribution in [1.29, 1.82) is 0 Å². The van der Waals surface area contributed by atoms with E-state index < -0.39 is 6.04 Å². The van der Waals surface area contributed by atoms with Crippen molar-refractivity contribution >= 4 is 45.8 Å². The molecule has 5 rings (SSSR count). The van der Waals surface area contributed by atoms with E-state index in [1.807, 2.05) is 54.6 Å². The number of methoxy groups -OCH3 is 1. The smallest absolute Gasteiger partial charge is 0.246 e. The molecule has 1 fully saturated rings. The summed E-state index contributed by atoms with van der Waals surface area (Å²) in [5, 5.41) is 2.93. The van der Waals surface area contributed by atoms with Gasteiger partial charge in [0.1, 0.15) is 11.8 Å². The third kappa shape index (κ3) is 5.47. The summed E-state index contributed by atoms with van der Waals surface area (Å²) in [5.41, 5.74) is 2.60. The first-order valence-corrected chi connectivity index (χ1v) is 13.2. The molecule has 8 heteroatoms. The fourth-order valence-corrected chi connectivity index (χ4v) is 5.32. The lowest BCUT2D eigenvalue weighted by atomic mass is 10.0. The fourth-order valence-electron chi connectivity index (χ4n) is 4.99. The highest BCUT2D eigenvalue weighted by Gasteiger charge is 2.37. The molecule has 0 N–H and O–H groups in total. The molecule has 1 aromatic heterocycles. The van der Waals surface area contributed by atoms with E-state index in [9.17, 15) is 9.59 Å². The largest absolute Gasteiger partial charge is 0.496 e. The van der Waals surface area contributed by atoms with Gasteiger partial charge in [0.05, 0.1) is 17.2 Å². The Hall–Kier alpha value is -3.61. The molecule has 0 spiro atoms. The molecule has 4 aromatic rings. The summed E-state index contributed by atoms with van der Waals surface area (Å²) in [6.07, 6.45) is 3.94. The number of carbonyl (C=O) groups is 2. The molecule has 0 saturated carbocycles. The lowest BCUT2D eigenvalue weighted by Gasteiger charge is -2.31. The molecule has 3 aromatic carbocycles. The number of pyridine rings is 1. The van der Waals surface area contributed by atoms with Gasteiger partial charge in [-0.3, -0.25) is 14.6 Å². The lowest BCUT2D eigenvalue weighted by molar-refractivity contribution is -0.142. The Labute approximate surface area is 231 Å². The number of halogens is 2. The maximum Gasteiger partial charge on any atom is 0.246 e. The minimum atomic E-state index is -0.719. The molecule has 38 heavy (non-hydrogen) atoms. The number of rotatable bonds is 7. The zero-order valence-corrected chi connectivity index (χ0v) is 22.5. The average molecular weight is 548 g/mol. The number of benzene rings is 3. The summed E-state index contributed by atoms with van der Waals surface area (Å²) in [4.78, 5) is 35.3. The molecular weight excluding hydrogens is 521 g/mol. The Kier molecular flexibility index (Phi) is 7.82. The number of hydrogen-bond donors (Lipinski definition) is 0. The van der Waals surface area contributed by atoms with E-state index >= 15 is 0 Å². The van der Waals surface area contributed by atoms with Crippen molar-refractivity contribution in [3.8, 4) is 5.75 Å². The van der Waals surface area contributed by atoms with Gasteiger partial charge in [-0.1, -0.05) is 65.7 Å². The monoisotopic (exact) mass is 547 g/mol. The van der Waals surface area contributed by atoms with Gasteiger partial charge < -0.3 is 14.5 Å². The van der Waals surface area contributed by atoms with Gasteiger partial charge in [0, 0.05) is 50.4 Å². The summed E-state index contributed by atoms with van der Waals surface area (Å²) >= 11 is 12.4. The van der Waals surface area contributed by atoms with E-state index in [0.29, 0.717) is 35.3 Å². The van der Waals surface area contributed by atoms with E-state index in [0.717, 1.165) is 27.5 Å². The Morgan fingerprint density at radius 1 is 0.947 bits per heavy atom. The summed E-state index contributed by atoms with van der Waals surface area (Å²) in [5.74, 6) is 0.501.